The molecule has 0 saturated heterocycles. The molecule has 0 aromatic heterocycles. The molecule has 5 heteroatoms. The number of rotatable bonds is 5. The number of amidine groups is 1. The number of nitrogens with one attached hydrogen (secondary N) is 1. The molecule has 0 unspecified atom stereocenters. The van der Waals surface area contributed by atoms with Gasteiger partial charge >= 0.3 is 0 Å². The van der Waals surface area contributed by atoms with Gasteiger partial charge in [-0.15, -0.1) is 0 Å². The van der Waals surface area contributed by atoms with Gasteiger partial charge in [-0.25, -0.2) is 0 Å². The zero-order valence-electron chi connectivity index (χ0n) is 12.1. The van der Waals surface area contributed by atoms with Crippen molar-refractivity contribution < 1.29 is 9.94 Å². The number of hydrogen-bond donors (Lipinski definition) is 3. The summed E-state index contributed by atoms with van der Waals surface area (Å²) < 4.78 is 5.31. The highest BCUT2D eigenvalue weighted by molar-refractivity contribution is 5.97. The molecule has 2 aromatic rings. The smallest absolute Gasteiger partial charge is 0.170 e. The molecule has 2 aromatic carbocycles. The summed E-state index contributed by atoms with van der Waals surface area (Å²) in [5.41, 5.74) is 9.44. The Hall–Kier alpha value is -2.69. The molecule has 0 bridgehead atoms. The van der Waals surface area contributed by atoms with Gasteiger partial charge < -0.3 is 21.0 Å². The van der Waals surface area contributed by atoms with Crippen molar-refractivity contribution in [2.75, 3.05) is 12.4 Å². The van der Waals surface area contributed by atoms with Crippen molar-refractivity contribution in [3.63, 3.8) is 0 Å². The van der Waals surface area contributed by atoms with Crippen LogP contribution >= 0.6 is 0 Å². The van der Waals surface area contributed by atoms with Crippen LogP contribution in [0.4, 0.5) is 5.69 Å². The maximum Gasteiger partial charge on any atom is 0.170 e. The van der Waals surface area contributed by atoms with Crippen molar-refractivity contribution in [2.45, 2.75) is 13.5 Å². The fraction of sp³-hybridized carbons (Fsp3) is 0.188. The maximum absolute atomic E-state index is 8.69. The third-order valence-corrected chi connectivity index (χ3v) is 3.32. The molecule has 0 aliphatic carbocycles. The molecule has 0 aliphatic rings. The highest BCUT2D eigenvalue weighted by Crippen LogP contribution is 2.24. The lowest BCUT2D eigenvalue weighted by Gasteiger charge is -2.13. The van der Waals surface area contributed by atoms with Crippen LogP contribution in [0, 0.1) is 6.92 Å². The summed E-state index contributed by atoms with van der Waals surface area (Å²) >= 11 is 0. The number of oxime groups is 1. The normalized spacial score (nSPS) is 11.2. The molecular formula is C16H19N3O2. The molecule has 4 N–H and O–H groups in total. The number of hydrogen-bond acceptors (Lipinski definition) is 4. The molecule has 0 atom stereocenters. The number of nitrogens with two attached hydrogens (primary N) is 1. The van der Waals surface area contributed by atoms with Gasteiger partial charge in [0.2, 0.25) is 0 Å². The molecule has 0 fully saturated rings. The molecule has 21 heavy (non-hydrogen) atoms. The lowest BCUT2D eigenvalue weighted by Crippen LogP contribution is -2.13. The lowest BCUT2D eigenvalue weighted by atomic mass is 10.0. The van der Waals surface area contributed by atoms with Crippen molar-refractivity contribution in [1.29, 1.82) is 0 Å². The number of benzene rings is 2. The van der Waals surface area contributed by atoms with Crippen LogP contribution in [-0.4, -0.2) is 18.2 Å². The Labute approximate surface area is 124 Å². The Kier molecular flexibility index (Phi) is 4.66. The second kappa shape index (κ2) is 6.65. The summed E-state index contributed by atoms with van der Waals surface area (Å²) in [6, 6.07) is 13.5. The van der Waals surface area contributed by atoms with Crippen LogP contribution in [0.15, 0.2) is 47.6 Å². The van der Waals surface area contributed by atoms with Crippen LogP contribution in [0.2, 0.25) is 0 Å². The van der Waals surface area contributed by atoms with E-state index in [1.54, 1.807) is 7.11 Å². The maximum atomic E-state index is 8.69. The van der Waals surface area contributed by atoms with E-state index >= 15 is 0 Å². The predicted molar refractivity (Wildman–Crippen MR) is 84.0 cm³/mol. The third-order valence-electron chi connectivity index (χ3n) is 3.32. The van der Waals surface area contributed by atoms with Crippen molar-refractivity contribution in [3.05, 3.63) is 59.2 Å². The predicted octanol–water partition coefficient (Wildman–Crippen LogP) is 2.71. The zero-order valence-corrected chi connectivity index (χ0v) is 12.1. The van der Waals surface area contributed by atoms with Crippen molar-refractivity contribution in [1.82, 2.24) is 0 Å². The van der Waals surface area contributed by atoms with Crippen LogP contribution in [0.1, 0.15) is 16.7 Å². The number of para-hydroxylation sites is 2. The molecule has 0 heterocycles. The molecule has 0 spiro atoms. The number of nitrogens with zero attached hydrogens (tertiary/aromatic N) is 1. The van der Waals surface area contributed by atoms with Gasteiger partial charge in [-0.05, 0) is 36.2 Å². The minimum Gasteiger partial charge on any atom is -0.495 e. The van der Waals surface area contributed by atoms with Gasteiger partial charge in [-0.1, -0.05) is 29.4 Å². The fourth-order valence-electron chi connectivity index (χ4n) is 2.09. The minimum absolute atomic E-state index is 0.113. The average molecular weight is 285 g/mol. The molecule has 0 radical (unpaired) electrons. The van der Waals surface area contributed by atoms with Gasteiger partial charge in [-0.2, -0.15) is 0 Å². The van der Waals surface area contributed by atoms with Crippen molar-refractivity contribution in [3.8, 4) is 5.75 Å². The largest absolute Gasteiger partial charge is 0.495 e. The molecule has 5 nitrogen and oxygen atoms in total. The van der Waals surface area contributed by atoms with E-state index in [4.69, 9.17) is 15.7 Å². The minimum atomic E-state index is 0.113. The Balaban J connectivity index is 2.14. The Morgan fingerprint density at radius 3 is 2.71 bits per heavy atom. The van der Waals surface area contributed by atoms with E-state index in [9.17, 15) is 0 Å². The van der Waals surface area contributed by atoms with Crippen LogP contribution < -0.4 is 15.8 Å². The van der Waals surface area contributed by atoms with Gasteiger partial charge in [-0.3, -0.25) is 0 Å². The molecule has 0 amide bonds. The van der Waals surface area contributed by atoms with E-state index in [1.807, 2.05) is 49.4 Å². The third kappa shape index (κ3) is 3.45. The van der Waals surface area contributed by atoms with Gasteiger partial charge in [0.1, 0.15) is 5.75 Å². The summed E-state index contributed by atoms with van der Waals surface area (Å²) in [5, 5.41) is 15.1. The number of aryl methyl sites for hydroxylation is 1. The monoisotopic (exact) mass is 285 g/mol. The van der Waals surface area contributed by atoms with Crippen molar-refractivity contribution >= 4 is 11.5 Å². The Morgan fingerprint density at radius 2 is 2.05 bits per heavy atom. The van der Waals surface area contributed by atoms with Gasteiger partial charge in [0.05, 0.1) is 12.8 Å². The van der Waals surface area contributed by atoms with E-state index in [2.05, 4.69) is 10.5 Å². The molecule has 0 aliphatic heterocycles. The summed E-state index contributed by atoms with van der Waals surface area (Å²) in [4.78, 5) is 0. The SMILES string of the molecule is COc1ccccc1NCc1ccc(/C(N)=N/O)cc1C. The first-order valence-corrected chi connectivity index (χ1v) is 6.60. The highest BCUT2D eigenvalue weighted by Gasteiger charge is 2.05. The molecule has 0 saturated carbocycles. The van der Waals surface area contributed by atoms with Crippen LogP contribution in [0.5, 0.6) is 5.75 Å². The van der Waals surface area contributed by atoms with Gasteiger partial charge in [0, 0.05) is 12.1 Å². The number of methoxy groups -OCH3 is 1. The summed E-state index contributed by atoms with van der Waals surface area (Å²) in [7, 11) is 1.65. The van der Waals surface area contributed by atoms with Crippen LogP contribution in [0.25, 0.3) is 0 Å². The summed E-state index contributed by atoms with van der Waals surface area (Å²) in [6.45, 7) is 2.66. The van der Waals surface area contributed by atoms with Crippen LogP contribution in [-0.2, 0) is 6.54 Å². The summed E-state index contributed by atoms with van der Waals surface area (Å²) in [5.74, 6) is 0.922. The first-order chi connectivity index (χ1) is 10.2. The second-order valence-electron chi connectivity index (χ2n) is 4.68. The number of ether oxygens (including phenoxy) is 1. The number of anilines is 1. The topological polar surface area (TPSA) is 79.9 Å². The molecule has 110 valence electrons. The fourth-order valence-corrected chi connectivity index (χ4v) is 2.09. The van der Waals surface area contributed by atoms with E-state index < -0.39 is 0 Å². The first-order valence-electron chi connectivity index (χ1n) is 6.60. The van der Waals surface area contributed by atoms with E-state index in [0.29, 0.717) is 12.1 Å². The zero-order chi connectivity index (χ0) is 15.2. The second-order valence-corrected chi connectivity index (χ2v) is 4.68. The first kappa shape index (κ1) is 14.7. The molecule has 2 rings (SSSR count). The Morgan fingerprint density at radius 1 is 1.29 bits per heavy atom. The molecular weight excluding hydrogens is 266 g/mol. The summed E-state index contributed by atoms with van der Waals surface area (Å²) in [6.07, 6.45) is 0. The average Bonchev–Trinajstić information content (AvgIpc) is 2.53. The quantitative estimate of drug-likeness (QED) is 0.341. The lowest BCUT2D eigenvalue weighted by molar-refractivity contribution is 0.318. The standard InChI is InChI=1S/C16H19N3O2/c1-11-9-12(16(17)19-20)7-8-13(11)10-18-14-5-3-4-6-15(14)21-2/h3-9,18,20H,10H2,1-2H3,(H2,17,19). The van der Waals surface area contributed by atoms with Gasteiger partial charge in [0.25, 0.3) is 0 Å². The van der Waals surface area contributed by atoms with Crippen molar-refractivity contribution in [2.24, 2.45) is 10.9 Å². The highest BCUT2D eigenvalue weighted by atomic mass is 16.5. The van der Waals surface area contributed by atoms with E-state index in [0.717, 1.165) is 22.6 Å². The van der Waals surface area contributed by atoms with Crippen LogP contribution in [0.3, 0.4) is 0 Å². The van der Waals surface area contributed by atoms with E-state index in [1.165, 1.54) is 0 Å². The van der Waals surface area contributed by atoms with E-state index in [-0.39, 0.29) is 5.84 Å². The van der Waals surface area contributed by atoms with Gasteiger partial charge in [0.15, 0.2) is 5.84 Å². The Bertz CT molecular complexity index is 654.